The summed E-state index contributed by atoms with van der Waals surface area (Å²) in [7, 11) is 0. The molecule has 2 heterocycles. The normalized spacial score (nSPS) is 23.3. The third kappa shape index (κ3) is 3.31. The maximum atomic E-state index is 11.4. The molecule has 0 radical (unpaired) electrons. The molecule has 0 amide bonds. The molecular weight excluding hydrogens is 260 g/mol. The smallest absolute Gasteiger partial charge is 0.335 e. The van der Waals surface area contributed by atoms with Crippen LogP contribution in [-0.2, 0) is 19.1 Å². The summed E-state index contributed by atoms with van der Waals surface area (Å²) in [6.45, 7) is 6.03. The van der Waals surface area contributed by atoms with Crippen molar-refractivity contribution < 1.29 is 19.1 Å². The number of cyclic esters (lactones) is 2. The van der Waals surface area contributed by atoms with E-state index in [4.69, 9.17) is 9.47 Å². The Hall–Kier alpha value is -1.98. The van der Waals surface area contributed by atoms with Crippen molar-refractivity contribution in [3.63, 3.8) is 0 Å². The van der Waals surface area contributed by atoms with E-state index in [1.165, 1.54) is 0 Å². The van der Waals surface area contributed by atoms with Crippen LogP contribution in [0.15, 0.2) is 22.5 Å². The summed E-state index contributed by atoms with van der Waals surface area (Å²) in [6.07, 6.45) is 1.33. The first-order chi connectivity index (χ1) is 9.59. The number of hydrogen-bond donors (Lipinski definition) is 2. The molecular formula is C14H20N2O4. The Bertz CT molecular complexity index is 436. The molecule has 2 N–H and O–H groups in total. The SMILES string of the molecule is C/C(NCCN/C(C)=C1/CCOC1=O)=C1\CCOC1=O. The fourth-order valence-electron chi connectivity index (χ4n) is 2.26. The number of rotatable bonds is 5. The topological polar surface area (TPSA) is 76.7 Å². The predicted octanol–water partition coefficient (Wildman–Crippen LogP) is 0.607. The molecule has 2 aliphatic rings. The Balaban J connectivity index is 1.77. The maximum absolute atomic E-state index is 11.4. The van der Waals surface area contributed by atoms with E-state index in [1.807, 2.05) is 13.8 Å². The Labute approximate surface area is 118 Å². The van der Waals surface area contributed by atoms with Gasteiger partial charge in [0.1, 0.15) is 0 Å². The largest absolute Gasteiger partial charge is 0.462 e. The van der Waals surface area contributed by atoms with E-state index >= 15 is 0 Å². The first kappa shape index (κ1) is 14.4. The van der Waals surface area contributed by atoms with Crippen LogP contribution in [0.3, 0.4) is 0 Å². The number of carbonyl (C=O) groups excluding carboxylic acids is 2. The van der Waals surface area contributed by atoms with Crippen LogP contribution in [0.5, 0.6) is 0 Å². The Morgan fingerprint density at radius 3 is 1.60 bits per heavy atom. The molecule has 6 nitrogen and oxygen atoms in total. The van der Waals surface area contributed by atoms with Gasteiger partial charge in [0.15, 0.2) is 0 Å². The molecule has 2 fully saturated rings. The highest BCUT2D eigenvalue weighted by atomic mass is 16.5. The summed E-state index contributed by atoms with van der Waals surface area (Å²) < 4.78 is 9.80. The molecule has 0 bridgehead atoms. The van der Waals surface area contributed by atoms with Crippen molar-refractivity contribution in [1.29, 1.82) is 0 Å². The number of nitrogens with one attached hydrogen (secondary N) is 2. The van der Waals surface area contributed by atoms with Gasteiger partial charge in [0, 0.05) is 37.3 Å². The fourth-order valence-corrected chi connectivity index (χ4v) is 2.26. The monoisotopic (exact) mass is 280 g/mol. The summed E-state index contributed by atoms with van der Waals surface area (Å²) in [5, 5.41) is 6.38. The molecule has 0 atom stereocenters. The van der Waals surface area contributed by atoms with Crippen LogP contribution >= 0.6 is 0 Å². The average Bonchev–Trinajstić information content (AvgIpc) is 3.02. The number of ether oxygens (including phenoxy) is 2. The minimum Gasteiger partial charge on any atom is -0.462 e. The van der Waals surface area contributed by atoms with Gasteiger partial charge in [0.05, 0.1) is 24.4 Å². The molecule has 0 spiro atoms. The minimum atomic E-state index is -0.227. The number of allylic oxidation sites excluding steroid dienone is 2. The zero-order valence-electron chi connectivity index (χ0n) is 11.9. The van der Waals surface area contributed by atoms with E-state index in [0.29, 0.717) is 39.1 Å². The third-order valence-corrected chi connectivity index (χ3v) is 3.47. The highest BCUT2D eigenvalue weighted by molar-refractivity contribution is 5.91. The Morgan fingerprint density at radius 2 is 1.30 bits per heavy atom. The van der Waals surface area contributed by atoms with Crippen molar-refractivity contribution in [2.45, 2.75) is 26.7 Å². The number of esters is 2. The molecule has 2 saturated heterocycles. The molecule has 0 aromatic heterocycles. The quantitative estimate of drug-likeness (QED) is 0.436. The molecule has 0 aliphatic carbocycles. The first-order valence-corrected chi connectivity index (χ1v) is 6.81. The lowest BCUT2D eigenvalue weighted by atomic mass is 10.2. The third-order valence-electron chi connectivity index (χ3n) is 3.47. The van der Waals surface area contributed by atoms with E-state index < -0.39 is 0 Å². The van der Waals surface area contributed by atoms with Gasteiger partial charge in [-0.05, 0) is 13.8 Å². The lowest BCUT2D eigenvalue weighted by molar-refractivity contribution is -0.136. The highest BCUT2D eigenvalue weighted by Crippen LogP contribution is 2.16. The summed E-state index contributed by atoms with van der Waals surface area (Å²) >= 11 is 0. The molecule has 0 aromatic carbocycles. The van der Waals surface area contributed by atoms with Gasteiger partial charge in [-0.3, -0.25) is 0 Å². The van der Waals surface area contributed by atoms with E-state index in [2.05, 4.69) is 10.6 Å². The van der Waals surface area contributed by atoms with Crippen molar-refractivity contribution in [3.05, 3.63) is 22.5 Å². The van der Waals surface area contributed by atoms with Crippen molar-refractivity contribution in [2.75, 3.05) is 26.3 Å². The zero-order valence-corrected chi connectivity index (χ0v) is 11.9. The Kier molecular flexibility index (Phi) is 4.65. The van der Waals surface area contributed by atoms with Crippen molar-refractivity contribution in [3.8, 4) is 0 Å². The van der Waals surface area contributed by atoms with Gasteiger partial charge >= 0.3 is 11.9 Å². The second-order valence-electron chi connectivity index (χ2n) is 4.83. The predicted molar refractivity (Wildman–Crippen MR) is 72.6 cm³/mol. The van der Waals surface area contributed by atoms with Crippen molar-refractivity contribution in [1.82, 2.24) is 10.6 Å². The van der Waals surface area contributed by atoms with Crippen LogP contribution in [0.25, 0.3) is 0 Å². The van der Waals surface area contributed by atoms with Gasteiger partial charge in [-0.15, -0.1) is 0 Å². The molecule has 6 heteroatoms. The molecule has 20 heavy (non-hydrogen) atoms. The zero-order chi connectivity index (χ0) is 14.5. The molecule has 0 saturated carbocycles. The van der Waals surface area contributed by atoms with Crippen LogP contribution in [-0.4, -0.2) is 38.2 Å². The number of hydrogen-bond acceptors (Lipinski definition) is 6. The van der Waals surface area contributed by atoms with Gasteiger partial charge in [-0.1, -0.05) is 0 Å². The summed E-state index contributed by atoms with van der Waals surface area (Å²) in [6, 6.07) is 0. The minimum absolute atomic E-state index is 0.227. The summed E-state index contributed by atoms with van der Waals surface area (Å²) in [4.78, 5) is 22.7. The van der Waals surface area contributed by atoms with E-state index in [9.17, 15) is 9.59 Å². The van der Waals surface area contributed by atoms with Crippen LogP contribution in [0.4, 0.5) is 0 Å². The van der Waals surface area contributed by atoms with Gasteiger partial charge in [0.25, 0.3) is 0 Å². The second kappa shape index (κ2) is 6.45. The Morgan fingerprint density at radius 1 is 0.900 bits per heavy atom. The van der Waals surface area contributed by atoms with Crippen LogP contribution in [0.2, 0.25) is 0 Å². The van der Waals surface area contributed by atoms with Crippen LogP contribution in [0.1, 0.15) is 26.7 Å². The van der Waals surface area contributed by atoms with E-state index in [1.54, 1.807) is 0 Å². The van der Waals surface area contributed by atoms with Crippen molar-refractivity contribution in [2.24, 2.45) is 0 Å². The molecule has 0 aromatic rings. The van der Waals surface area contributed by atoms with Gasteiger partial charge in [-0.2, -0.15) is 0 Å². The van der Waals surface area contributed by atoms with E-state index in [-0.39, 0.29) is 11.9 Å². The molecule has 0 unspecified atom stereocenters. The second-order valence-corrected chi connectivity index (χ2v) is 4.83. The molecule has 2 rings (SSSR count). The lowest BCUT2D eigenvalue weighted by Gasteiger charge is -2.11. The number of carbonyl (C=O) groups is 2. The average molecular weight is 280 g/mol. The summed E-state index contributed by atoms with van der Waals surface area (Å²) in [5.74, 6) is -0.454. The maximum Gasteiger partial charge on any atom is 0.335 e. The summed E-state index contributed by atoms with van der Waals surface area (Å²) in [5.41, 5.74) is 3.17. The van der Waals surface area contributed by atoms with Gasteiger partial charge in [0.2, 0.25) is 0 Å². The van der Waals surface area contributed by atoms with Crippen LogP contribution < -0.4 is 10.6 Å². The molecule has 2 aliphatic heterocycles. The fraction of sp³-hybridized carbons (Fsp3) is 0.571. The van der Waals surface area contributed by atoms with Gasteiger partial charge in [-0.25, -0.2) is 9.59 Å². The highest BCUT2D eigenvalue weighted by Gasteiger charge is 2.22. The first-order valence-electron chi connectivity index (χ1n) is 6.81. The lowest BCUT2D eigenvalue weighted by Crippen LogP contribution is -2.27. The van der Waals surface area contributed by atoms with Crippen molar-refractivity contribution >= 4 is 11.9 Å². The molecule has 110 valence electrons. The van der Waals surface area contributed by atoms with Crippen LogP contribution in [0, 0.1) is 0 Å². The standard InChI is InChI=1S/C14H20N2O4/c1-9(11-3-7-19-13(11)17)15-5-6-16-10(2)12-4-8-20-14(12)18/h15-16H,3-8H2,1-2H3/b11-9-,12-10-. The van der Waals surface area contributed by atoms with Gasteiger partial charge < -0.3 is 20.1 Å². The van der Waals surface area contributed by atoms with E-state index in [0.717, 1.165) is 22.5 Å².